The lowest BCUT2D eigenvalue weighted by molar-refractivity contribution is 0.624. The number of rotatable bonds is 6. The molecular weight excluding hydrogens is 389 g/mol. The SMILES string of the molecule is CN=C(NCCCn1ccnc1)NCc1ccccc1C.I. The maximum atomic E-state index is 4.24. The van der Waals surface area contributed by atoms with Crippen molar-refractivity contribution < 1.29 is 0 Å². The van der Waals surface area contributed by atoms with Gasteiger partial charge in [-0.05, 0) is 24.5 Å². The lowest BCUT2D eigenvalue weighted by atomic mass is 10.1. The minimum atomic E-state index is 0. The third kappa shape index (κ3) is 6.05. The molecule has 2 rings (SSSR count). The van der Waals surface area contributed by atoms with Gasteiger partial charge in [-0.3, -0.25) is 4.99 Å². The summed E-state index contributed by atoms with van der Waals surface area (Å²) in [7, 11) is 1.79. The number of hydrogen-bond acceptors (Lipinski definition) is 2. The van der Waals surface area contributed by atoms with Crippen LogP contribution < -0.4 is 10.6 Å². The van der Waals surface area contributed by atoms with E-state index in [9.17, 15) is 0 Å². The molecule has 0 atom stereocenters. The van der Waals surface area contributed by atoms with Gasteiger partial charge in [-0.25, -0.2) is 4.98 Å². The van der Waals surface area contributed by atoms with Crippen LogP contribution in [0, 0.1) is 6.92 Å². The van der Waals surface area contributed by atoms with Crippen LogP contribution in [0.15, 0.2) is 48.0 Å². The number of aromatic nitrogens is 2. The molecular formula is C16H24IN5. The van der Waals surface area contributed by atoms with Crippen molar-refractivity contribution in [2.75, 3.05) is 13.6 Å². The summed E-state index contributed by atoms with van der Waals surface area (Å²) in [5.74, 6) is 0.837. The summed E-state index contributed by atoms with van der Waals surface area (Å²) in [6.45, 7) is 4.75. The normalized spacial score (nSPS) is 10.9. The minimum Gasteiger partial charge on any atom is -0.356 e. The van der Waals surface area contributed by atoms with Crippen molar-refractivity contribution in [3.63, 3.8) is 0 Å². The molecule has 0 fully saturated rings. The Bertz CT molecular complexity index is 566. The van der Waals surface area contributed by atoms with Crippen LogP contribution in [0.25, 0.3) is 0 Å². The zero-order valence-corrected chi connectivity index (χ0v) is 15.5. The van der Waals surface area contributed by atoms with Gasteiger partial charge in [0.05, 0.1) is 6.33 Å². The highest BCUT2D eigenvalue weighted by molar-refractivity contribution is 14.0. The first-order chi connectivity index (χ1) is 10.3. The fourth-order valence-electron chi connectivity index (χ4n) is 2.10. The Hall–Kier alpha value is -1.57. The largest absolute Gasteiger partial charge is 0.356 e. The summed E-state index contributed by atoms with van der Waals surface area (Å²) < 4.78 is 2.07. The molecule has 0 unspecified atom stereocenters. The number of imidazole rings is 1. The fraction of sp³-hybridized carbons (Fsp3) is 0.375. The van der Waals surface area contributed by atoms with Crippen LogP contribution in [0.2, 0.25) is 0 Å². The molecule has 0 aliphatic carbocycles. The van der Waals surface area contributed by atoms with E-state index in [0.717, 1.165) is 32.0 Å². The highest BCUT2D eigenvalue weighted by atomic mass is 127. The third-order valence-electron chi connectivity index (χ3n) is 3.38. The van der Waals surface area contributed by atoms with Crippen LogP contribution in [0.5, 0.6) is 0 Å². The molecule has 0 bridgehead atoms. The molecule has 6 heteroatoms. The molecule has 1 aromatic carbocycles. The molecule has 0 aliphatic rings. The van der Waals surface area contributed by atoms with Gasteiger partial charge in [0.15, 0.2) is 5.96 Å². The molecule has 0 spiro atoms. The van der Waals surface area contributed by atoms with Gasteiger partial charge < -0.3 is 15.2 Å². The number of benzene rings is 1. The summed E-state index contributed by atoms with van der Waals surface area (Å²) in [5, 5.41) is 6.67. The van der Waals surface area contributed by atoms with Crippen molar-refractivity contribution in [2.24, 2.45) is 4.99 Å². The second kappa shape index (κ2) is 10.2. The van der Waals surface area contributed by atoms with Crippen molar-refractivity contribution >= 4 is 29.9 Å². The summed E-state index contributed by atoms with van der Waals surface area (Å²) in [6.07, 6.45) is 6.65. The molecule has 0 amide bonds. The van der Waals surface area contributed by atoms with Gasteiger partial charge >= 0.3 is 0 Å². The van der Waals surface area contributed by atoms with Crippen LogP contribution in [-0.2, 0) is 13.1 Å². The molecule has 2 N–H and O–H groups in total. The van der Waals surface area contributed by atoms with Gasteiger partial charge in [0, 0.05) is 39.1 Å². The number of nitrogens with one attached hydrogen (secondary N) is 2. The topological polar surface area (TPSA) is 54.2 Å². The quantitative estimate of drug-likeness (QED) is 0.331. The van der Waals surface area contributed by atoms with Crippen LogP contribution in [-0.4, -0.2) is 29.1 Å². The molecule has 120 valence electrons. The number of aliphatic imine (C=N–C) groups is 1. The molecule has 2 aromatic rings. The summed E-state index contributed by atoms with van der Waals surface area (Å²) in [6, 6.07) is 8.38. The summed E-state index contributed by atoms with van der Waals surface area (Å²) in [5.41, 5.74) is 2.58. The Kier molecular flexibility index (Phi) is 8.57. The smallest absolute Gasteiger partial charge is 0.191 e. The van der Waals surface area contributed by atoms with E-state index in [4.69, 9.17) is 0 Å². The van der Waals surface area contributed by atoms with Crippen molar-refractivity contribution in [3.05, 3.63) is 54.1 Å². The van der Waals surface area contributed by atoms with Gasteiger partial charge in [0.1, 0.15) is 0 Å². The van der Waals surface area contributed by atoms with E-state index in [1.54, 1.807) is 13.2 Å². The molecule has 22 heavy (non-hydrogen) atoms. The number of hydrogen-bond donors (Lipinski definition) is 2. The van der Waals surface area contributed by atoms with Crippen LogP contribution in [0.1, 0.15) is 17.5 Å². The second-order valence-electron chi connectivity index (χ2n) is 4.93. The highest BCUT2D eigenvalue weighted by Gasteiger charge is 2.00. The van der Waals surface area contributed by atoms with Gasteiger partial charge in [-0.2, -0.15) is 0 Å². The Morgan fingerprint density at radius 1 is 1.27 bits per heavy atom. The minimum absolute atomic E-state index is 0. The fourth-order valence-corrected chi connectivity index (χ4v) is 2.10. The van der Waals surface area contributed by atoms with Gasteiger partial charge in [-0.1, -0.05) is 24.3 Å². The van der Waals surface area contributed by atoms with Crippen molar-refractivity contribution in [3.8, 4) is 0 Å². The van der Waals surface area contributed by atoms with Gasteiger partial charge in [-0.15, -0.1) is 24.0 Å². The first-order valence-electron chi connectivity index (χ1n) is 7.24. The molecule has 0 radical (unpaired) electrons. The summed E-state index contributed by atoms with van der Waals surface area (Å²) in [4.78, 5) is 8.27. The maximum Gasteiger partial charge on any atom is 0.191 e. The zero-order valence-electron chi connectivity index (χ0n) is 13.1. The number of nitrogens with zero attached hydrogens (tertiary/aromatic N) is 3. The maximum absolute atomic E-state index is 4.24. The van der Waals surface area contributed by atoms with E-state index in [1.165, 1.54) is 11.1 Å². The summed E-state index contributed by atoms with van der Waals surface area (Å²) >= 11 is 0. The number of guanidine groups is 1. The van der Waals surface area contributed by atoms with E-state index in [2.05, 4.69) is 56.4 Å². The lowest BCUT2D eigenvalue weighted by Gasteiger charge is -2.13. The Morgan fingerprint density at radius 3 is 2.77 bits per heavy atom. The van der Waals surface area contributed by atoms with Crippen LogP contribution >= 0.6 is 24.0 Å². The molecule has 0 saturated heterocycles. The molecule has 1 heterocycles. The molecule has 0 saturated carbocycles. The Labute approximate surface area is 149 Å². The highest BCUT2D eigenvalue weighted by Crippen LogP contribution is 2.05. The zero-order chi connectivity index (χ0) is 14.9. The average molecular weight is 413 g/mol. The van der Waals surface area contributed by atoms with Crippen molar-refractivity contribution in [1.29, 1.82) is 0 Å². The molecule has 1 aromatic heterocycles. The van der Waals surface area contributed by atoms with E-state index in [1.807, 2.05) is 12.5 Å². The van der Waals surface area contributed by atoms with Crippen LogP contribution in [0.4, 0.5) is 0 Å². The molecule has 5 nitrogen and oxygen atoms in total. The van der Waals surface area contributed by atoms with E-state index in [0.29, 0.717) is 0 Å². The van der Waals surface area contributed by atoms with E-state index in [-0.39, 0.29) is 24.0 Å². The number of halogens is 1. The lowest BCUT2D eigenvalue weighted by Crippen LogP contribution is -2.37. The monoisotopic (exact) mass is 413 g/mol. The predicted molar refractivity (Wildman–Crippen MR) is 102 cm³/mol. The van der Waals surface area contributed by atoms with Gasteiger partial charge in [0.25, 0.3) is 0 Å². The third-order valence-corrected chi connectivity index (χ3v) is 3.38. The Morgan fingerprint density at radius 2 is 2.09 bits per heavy atom. The van der Waals surface area contributed by atoms with Crippen molar-refractivity contribution in [1.82, 2.24) is 20.2 Å². The van der Waals surface area contributed by atoms with Gasteiger partial charge in [0.2, 0.25) is 0 Å². The standard InChI is InChI=1S/C16H23N5.HI/c1-14-6-3-4-7-15(14)12-20-16(17-2)19-8-5-10-21-11-9-18-13-21;/h3-4,6-7,9,11,13H,5,8,10,12H2,1-2H3,(H2,17,19,20);1H. The average Bonchev–Trinajstić information content (AvgIpc) is 3.01. The molecule has 0 aliphatic heterocycles. The Balaban J connectivity index is 0.00000242. The van der Waals surface area contributed by atoms with Crippen molar-refractivity contribution in [2.45, 2.75) is 26.4 Å². The van der Waals surface area contributed by atoms with Crippen LogP contribution in [0.3, 0.4) is 0 Å². The first-order valence-corrected chi connectivity index (χ1v) is 7.24. The predicted octanol–water partition coefficient (Wildman–Crippen LogP) is 2.56. The van der Waals surface area contributed by atoms with E-state index >= 15 is 0 Å². The first kappa shape index (κ1) is 18.5. The van der Waals surface area contributed by atoms with E-state index < -0.39 is 0 Å². The number of aryl methyl sites for hydroxylation is 2. The second-order valence-corrected chi connectivity index (χ2v) is 4.93.